The highest BCUT2D eigenvalue weighted by atomic mass is 16.5. The van der Waals surface area contributed by atoms with Gasteiger partial charge in [-0.15, -0.1) is 0 Å². The molecule has 0 saturated carbocycles. The van der Waals surface area contributed by atoms with Gasteiger partial charge in [-0.2, -0.15) is 0 Å². The summed E-state index contributed by atoms with van der Waals surface area (Å²) in [6, 6.07) is 3.80. The molecule has 116 valence electrons. The number of hydrogen-bond acceptors (Lipinski definition) is 5. The Morgan fingerprint density at radius 2 is 2.05 bits per heavy atom. The third-order valence-electron chi connectivity index (χ3n) is 3.22. The zero-order valence-electron chi connectivity index (χ0n) is 13.4. The van der Waals surface area contributed by atoms with Crippen molar-refractivity contribution in [2.45, 2.75) is 46.3 Å². The maximum Gasteiger partial charge on any atom is 0.170 e. The van der Waals surface area contributed by atoms with Crippen molar-refractivity contribution in [3.63, 3.8) is 0 Å². The summed E-state index contributed by atoms with van der Waals surface area (Å²) in [4.78, 5) is 0. The summed E-state index contributed by atoms with van der Waals surface area (Å²) in [7, 11) is 0. The first kappa shape index (κ1) is 15.8. The first-order chi connectivity index (χ1) is 9.76. The monoisotopic (exact) mass is 292 g/mol. The summed E-state index contributed by atoms with van der Waals surface area (Å²) in [5.74, 6) is 0.723. The van der Waals surface area contributed by atoms with Gasteiger partial charge in [-0.1, -0.05) is 5.16 Å². The molecule has 0 spiro atoms. The molecular formula is C16H24N2O3. The molecule has 5 nitrogen and oxygen atoms in total. The molecule has 1 atom stereocenters. The van der Waals surface area contributed by atoms with Crippen LogP contribution in [0.15, 0.2) is 16.7 Å². The van der Waals surface area contributed by atoms with Gasteiger partial charge in [0.25, 0.3) is 0 Å². The molecule has 0 amide bonds. The molecule has 0 radical (unpaired) electrons. The third kappa shape index (κ3) is 4.19. The molecule has 2 N–H and O–H groups in total. The van der Waals surface area contributed by atoms with E-state index >= 15 is 0 Å². The number of aryl methyl sites for hydroxylation is 2. The molecule has 0 bridgehead atoms. The highest BCUT2D eigenvalue weighted by Crippen LogP contribution is 2.27. The second-order valence-corrected chi connectivity index (χ2v) is 6.48. The van der Waals surface area contributed by atoms with E-state index in [-0.39, 0.29) is 12.1 Å². The molecule has 0 fully saturated rings. The van der Waals surface area contributed by atoms with Crippen molar-refractivity contribution < 1.29 is 14.4 Å². The van der Waals surface area contributed by atoms with Crippen molar-refractivity contribution in [1.29, 1.82) is 0 Å². The lowest BCUT2D eigenvalue weighted by Gasteiger charge is -2.23. The maximum absolute atomic E-state index is 9.95. The number of nitrogens with zero attached hydrogens (tertiary/aromatic N) is 1. The fraction of sp³-hybridized carbons (Fsp3) is 0.562. The molecule has 0 saturated heterocycles. The zero-order valence-corrected chi connectivity index (χ0v) is 13.4. The lowest BCUT2D eigenvalue weighted by Crippen LogP contribution is -2.42. The molecule has 0 aliphatic carbocycles. The minimum atomic E-state index is -0.552. The molecule has 1 heterocycles. The van der Waals surface area contributed by atoms with Gasteiger partial charge in [-0.05, 0) is 52.3 Å². The third-order valence-corrected chi connectivity index (χ3v) is 3.22. The molecule has 1 aromatic heterocycles. The maximum atomic E-state index is 9.95. The molecular weight excluding hydrogens is 268 g/mol. The number of ether oxygens (including phenoxy) is 1. The van der Waals surface area contributed by atoms with Crippen LogP contribution in [0, 0.1) is 13.8 Å². The van der Waals surface area contributed by atoms with Gasteiger partial charge in [0.1, 0.15) is 18.5 Å². The smallest absolute Gasteiger partial charge is 0.170 e. The van der Waals surface area contributed by atoms with E-state index in [2.05, 4.69) is 31.2 Å². The van der Waals surface area contributed by atoms with E-state index in [1.165, 1.54) is 0 Å². The minimum Gasteiger partial charge on any atom is -0.491 e. The Labute approximate surface area is 125 Å². The Balaban J connectivity index is 1.98. The number of fused-ring (bicyclic) bond motifs is 1. The molecule has 5 heteroatoms. The molecule has 0 aliphatic rings. The first-order valence-electron chi connectivity index (χ1n) is 7.19. The van der Waals surface area contributed by atoms with Crippen LogP contribution in [-0.2, 0) is 0 Å². The quantitative estimate of drug-likeness (QED) is 0.886. The Morgan fingerprint density at radius 3 is 2.71 bits per heavy atom. The summed E-state index contributed by atoms with van der Waals surface area (Å²) >= 11 is 0. The van der Waals surface area contributed by atoms with Crippen molar-refractivity contribution in [1.82, 2.24) is 10.5 Å². The van der Waals surface area contributed by atoms with Crippen molar-refractivity contribution in [3.8, 4) is 5.75 Å². The predicted octanol–water partition coefficient (Wildman–Crippen LogP) is 2.57. The average molecular weight is 292 g/mol. The lowest BCUT2D eigenvalue weighted by atomic mass is 10.1. The van der Waals surface area contributed by atoms with E-state index in [0.717, 1.165) is 28.0 Å². The highest BCUT2D eigenvalue weighted by molar-refractivity contribution is 5.83. The predicted molar refractivity (Wildman–Crippen MR) is 82.7 cm³/mol. The van der Waals surface area contributed by atoms with Gasteiger partial charge in [0, 0.05) is 17.5 Å². The van der Waals surface area contributed by atoms with Crippen LogP contribution in [0.2, 0.25) is 0 Å². The number of β-amino-alcohol motifs (C(OH)–C–C–N with tert-alkyl or cyclic N) is 1. The topological polar surface area (TPSA) is 67.5 Å². The van der Waals surface area contributed by atoms with E-state index in [9.17, 15) is 5.11 Å². The van der Waals surface area contributed by atoms with Gasteiger partial charge in [-0.3, -0.25) is 0 Å². The Bertz CT molecular complexity index is 614. The number of aliphatic hydroxyl groups excluding tert-OH is 1. The fourth-order valence-corrected chi connectivity index (χ4v) is 2.05. The normalized spacial score (nSPS) is 13.6. The molecule has 1 unspecified atom stereocenters. The molecule has 2 aromatic rings. The Kier molecular flexibility index (Phi) is 4.54. The fourth-order valence-electron chi connectivity index (χ4n) is 2.05. The number of nitrogens with one attached hydrogen (secondary N) is 1. The minimum absolute atomic E-state index is 0.0178. The van der Waals surface area contributed by atoms with Gasteiger partial charge >= 0.3 is 0 Å². The van der Waals surface area contributed by atoms with Crippen molar-refractivity contribution in [2.24, 2.45) is 0 Å². The number of rotatable bonds is 5. The standard InChI is InChI=1S/C16H24N2O3/c1-10-6-13(7-14-11(2)18-21-15(10)14)20-9-12(19)8-17-16(3,4)5/h6-7,12,17,19H,8-9H2,1-5H3. The molecule has 21 heavy (non-hydrogen) atoms. The van der Waals surface area contributed by atoms with Crippen molar-refractivity contribution >= 4 is 11.0 Å². The molecule has 2 rings (SSSR count). The number of aromatic nitrogens is 1. The van der Waals surface area contributed by atoms with E-state index in [0.29, 0.717) is 6.54 Å². The number of hydrogen-bond donors (Lipinski definition) is 2. The van der Waals surface area contributed by atoms with Crippen LogP contribution in [0.5, 0.6) is 5.75 Å². The van der Waals surface area contributed by atoms with Crippen LogP contribution in [0.3, 0.4) is 0 Å². The van der Waals surface area contributed by atoms with E-state index < -0.39 is 6.10 Å². The highest BCUT2D eigenvalue weighted by Gasteiger charge is 2.14. The van der Waals surface area contributed by atoms with E-state index in [1.54, 1.807) is 0 Å². The summed E-state index contributed by atoms with van der Waals surface area (Å²) in [5, 5.41) is 18.1. The Morgan fingerprint density at radius 1 is 1.33 bits per heavy atom. The van der Waals surface area contributed by atoms with Crippen LogP contribution in [-0.4, -0.2) is 35.1 Å². The summed E-state index contributed by atoms with van der Waals surface area (Å²) < 4.78 is 11.0. The summed E-state index contributed by atoms with van der Waals surface area (Å²) in [6.07, 6.45) is -0.552. The SMILES string of the molecule is Cc1noc2c(C)cc(OCC(O)CNC(C)(C)C)cc12. The van der Waals surface area contributed by atoms with Crippen LogP contribution < -0.4 is 10.1 Å². The lowest BCUT2D eigenvalue weighted by molar-refractivity contribution is 0.100. The number of aliphatic hydroxyl groups is 1. The van der Waals surface area contributed by atoms with Crippen LogP contribution in [0.25, 0.3) is 11.0 Å². The van der Waals surface area contributed by atoms with Crippen molar-refractivity contribution in [3.05, 3.63) is 23.4 Å². The molecule has 1 aromatic carbocycles. The van der Waals surface area contributed by atoms with Crippen molar-refractivity contribution in [2.75, 3.05) is 13.2 Å². The zero-order chi connectivity index (χ0) is 15.6. The Hall–Kier alpha value is -1.59. The largest absolute Gasteiger partial charge is 0.491 e. The first-order valence-corrected chi connectivity index (χ1v) is 7.19. The van der Waals surface area contributed by atoms with Gasteiger partial charge < -0.3 is 19.7 Å². The van der Waals surface area contributed by atoms with Gasteiger partial charge in [0.2, 0.25) is 0 Å². The average Bonchev–Trinajstić information content (AvgIpc) is 2.76. The van der Waals surface area contributed by atoms with E-state index in [4.69, 9.17) is 9.26 Å². The summed E-state index contributed by atoms with van der Waals surface area (Å²) in [5.41, 5.74) is 2.59. The second-order valence-electron chi connectivity index (χ2n) is 6.48. The molecule has 0 aliphatic heterocycles. The van der Waals surface area contributed by atoms with Crippen LogP contribution in [0.1, 0.15) is 32.0 Å². The number of benzene rings is 1. The second kappa shape index (κ2) is 6.03. The van der Waals surface area contributed by atoms with E-state index in [1.807, 2.05) is 26.0 Å². The van der Waals surface area contributed by atoms with Crippen LogP contribution in [0.4, 0.5) is 0 Å². The van der Waals surface area contributed by atoms with Gasteiger partial charge in [-0.25, -0.2) is 0 Å². The van der Waals surface area contributed by atoms with Crippen LogP contribution >= 0.6 is 0 Å². The van der Waals surface area contributed by atoms with Gasteiger partial charge in [0.05, 0.1) is 5.69 Å². The summed E-state index contributed by atoms with van der Waals surface area (Å²) in [6.45, 7) is 10.8. The van der Waals surface area contributed by atoms with Gasteiger partial charge in [0.15, 0.2) is 5.58 Å².